The van der Waals surface area contributed by atoms with Crippen molar-refractivity contribution in [2.24, 2.45) is 5.73 Å². The van der Waals surface area contributed by atoms with Crippen LogP contribution in [0.1, 0.15) is 6.42 Å². The Balaban J connectivity index is 2.21. The monoisotopic (exact) mass is 309 g/mol. The van der Waals surface area contributed by atoms with Crippen molar-refractivity contribution in [1.29, 1.82) is 0 Å². The Morgan fingerprint density at radius 2 is 1.87 bits per heavy atom. The molecular weight excluding hydrogens is 290 g/mol. The Kier molecular flexibility index (Phi) is 4.39. The molecule has 0 aliphatic rings. The van der Waals surface area contributed by atoms with Gasteiger partial charge in [0.2, 0.25) is 0 Å². The SMILES string of the molecule is COc1ccc(-c2nc3ccccc3c(=O)n2CCCN)cc1. The maximum absolute atomic E-state index is 12.8. The zero-order valence-electron chi connectivity index (χ0n) is 13.0. The van der Waals surface area contributed by atoms with Crippen molar-refractivity contribution in [1.82, 2.24) is 9.55 Å². The molecule has 0 aliphatic carbocycles. The van der Waals surface area contributed by atoms with E-state index in [1.54, 1.807) is 17.7 Å². The highest BCUT2D eigenvalue weighted by Gasteiger charge is 2.12. The summed E-state index contributed by atoms with van der Waals surface area (Å²) in [6.07, 6.45) is 0.725. The molecule has 3 aromatic rings. The van der Waals surface area contributed by atoms with E-state index in [4.69, 9.17) is 15.5 Å². The summed E-state index contributed by atoms with van der Waals surface area (Å²) < 4.78 is 6.89. The summed E-state index contributed by atoms with van der Waals surface area (Å²) in [5.74, 6) is 1.43. The van der Waals surface area contributed by atoms with E-state index in [1.807, 2.05) is 42.5 Å². The second-order valence-corrected chi connectivity index (χ2v) is 5.28. The lowest BCUT2D eigenvalue weighted by molar-refractivity contribution is 0.415. The summed E-state index contributed by atoms with van der Waals surface area (Å²) in [4.78, 5) is 17.5. The second kappa shape index (κ2) is 6.62. The molecule has 0 atom stereocenters. The summed E-state index contributed by atoms with van der Waals surface area (Å²) in [5, 5.41) is 0.627. The molecule has 1 aromatic heterocycles. The molecule has 0 aliphatic heterocycles. The van der Waals surface area contributed by atoms with Crippen molar-refractivity contribution >= 4 is 10.9 Å². The van der Waals surface area contributed by atoms with Crippen molar-refractivity contribution in [2.45, 2.75) is 13.0 Å². The van der Waals surface area contributed by atoms with E-state index in [0.29, 0.717) is 29.8 Å². The van der Waals surface area contributed by atoms with Crippen molar-refractivity contribution in [3.63, 3.8) is 0 Å². The van der Waals surface area contributed by atoms with Gasteiger partial charge >= 0.3 is 0 Å². The number of ether oxygens (including phenoxy) is 1. The van der Waals surface area contributed by atoms with E-state index < -0.39 is 0 Å². The van der Waals surface area contributed by atoms with Gasteiger partial charge < -0.3 is 10.5 Å². The lowest BCUT2D eigenvalue weighted by Crippen LogP contribution is -2.24. The molecule has 0 saturated heterocycles. The van der Waals surface area contributed by atoms with Crippen LogP contribution >= 0.6 is 0 Å². The maximum Gasteiger partial charge on any atom is 0.261 e. The first-order valence-corrected chi connectivity index (χ1v) is 7.58. The molecule has 3 rings (SSSR count). The highest BCUT2D eigenvalue weighted by molar-refractivity contribution is 5.79. The molecule has 0 bridgehead atoms. The number of hydrogen-bond donors (Lipinski definition) is 1. The van der Waals surface area contributed by atoms with Gasteiger partial charge in [0.05, 0.1) is 18.0 Å². The minimum Gasteiger partial charge on any atom is -0.497 e. The summed E-state index contributed by atoms with van der Waals surface area (Å²) in [6, 6.07) is 15.0. The largest absolute Gasteiger partial charge is 0.497 e. The highest BCUT2D eigenvalue weighted by Crippen LogP contribution is 2.22. The molecule has 5 nitrogen and oxygen atoms in total. The highest BCUT2D eigenvalue weighted by atomic mass is 16.5. The van der Waals surface area contributed by atoms with E-state index in [9.17, 15) is 4.79 Å². The number of benzene rings is 2. The van der Waals surface area contributed by atoms with Crippen molar-refractivity contribution in [3.05, 3.63) is 58.9 Å². The standard InChI is InChI=1S/C18H19N3O2/c1-23-14-9-7-13(8-10-14)17-20-16-6-3-2-5-15(16)18(22)21(17)12-4-11-19/h2-3,5-10H,4,11-12,19H2,1H3. The average Bonchev–Trinajstić information content (AvgIpc) is 2.61. The van der Waals surface area contributed by atoms with Crippen LogP contribution in [0.4, 0.5) is 0 Å². The van der Waals surface area contributed by atoms with E-state index >= 15 is 0 Å². The quantitative estimate of drug-likeness (QED) is 0.786. The average molecular weight is 309 g/mol. The van der Waals surface area contributed by atoms with Crippen LogP contribution in [0.25, 0.3) is 22.3 Å². The molecule has 23 heavy (non-hydrogen) atoms. The van der Waals surface area contributed by atoms with Gasteiger partial charge in [0.15, 0.2) is 0 Å². The zero-order valence-corrected chi connectivity index (χ0v) is 13.0. The maximum atomic E-state index is 12.8. The molecular formula is C18H19N3O2. The number of nitrogens with zero attached hydrogens (tertiary/aromatic N) is 2. The molecule has 0 fully saturated rings. The predicted molar refractivity (Wildman–Crippen MR) is 91.7 cm³/mol. The molecule has 0 amide bonds. The van der Waals surface area contributed by atoms with Gasteiger partial charge in [-0.1, -0.05) is 12.1 Å². The first-order valence-electron chi connectivity index (χ1n) is 7.58. The third kappa shape index (κ3) is 2.96. The third-order valence-electron chi connectivity index (χ3n) is 3.80. The van der Waals surface area contributed by atoms with Crippen molar-refractivity contribution < 1.29 is 4.74 Å². The van der Waals surface area contributed by atoms with Crippen LogP contribution in [0.3, 0.4) is 0 Å². The van der Waals surface area contributed by atoms with Crippen LogP contribution in [0.2, 0.25) is 0 Å². The predicted octanol–water partition coefficient (Wildman–Crippen LogP) is 2.42. The first-order chi connectivity index (χ1) is 11.2. The summed E-state index contributed by atoms with van der Waals surface area (Å²) in [7, 11) is 1.63. The Labute approximate surface area is 134 Å². The Bertz CT molecular complexity index is 870. The van der Waals surface area contributed by atoms with Gasteiger partial charge in [-0.2, -0.15) is 0 Å². The minimum atomic E-state index is -0.0325. The van der Waals surface area contributed by atoms with Gasteiger partial charge in [-0.3, -0.25) is 9.36 Å². The van der Waals surface area contributed by atoms with Crippen LogP contribution in [-0.2, 0) is 6.54 Å². The van der Waals surface area contributed by atoms with Gasteiger partial charge in [-0.15, -0.1) is 0 Å². The molecule has 0 saturated carbocycles. The number of fused-ring (bicyclic) bond motifs is 1. The molecule has 0 radical (unpaired) electrons. The topological polar surface area (TPSA) is 70.1 Å². The fraction of sp³-hybridized carbons (Fsp3) is 0.222. The van der Waals surface area contributed by atoms with Crippen LogP contribution in [0.15, 0.2) is 53.3 Å². The lowest BCUT2D eigenvalue weighted by atomic mass is 10.1. The van der Waals surface area contributed by atoms with Crippen LogP contribution in [-0.4, -0.2) is 23.2 Å². The van der Waals surface area contributed by atoms with Gasteiger partial charge in [-0.25, -0.2) is 4.98 Å². The second-order valence-electron chi connectivity index (χ2n) is 5.28. The van der Waals surface area contributed by atoms with Crippen molar-refractivity contribution in [3.8, 4) is 17.1 Å². The molecule has 5 heteroatoms. The van der Waals surface area contributed by atoms with E-state index in [2.05, 4.69) is 0 Å². The normalized spacial score (nSPS) is 10.9. The Morgan fingerprint density at radius 3 is 2.57 bits per heavy atom. The number of para-hydroxylation sites is 1. The number of methoxy groups -OCH3 is 1. The number of nitrogens with two attached hydrogens (primary N) is 1. The Morgan fingerprint density at radius 1 is 1.13 bits per heavy atom. The van der Waals surface area contributed by atoms with Crippen molar-refractivity contribution in [2.75, 3.05) is 13.7 Å². The van der Waals surface area contributed by atoms with E-state index in [-0.39, 0.29) is 5.56 Å². The van der Waals surface area contributed by atoms with Gasteiger partial charge in [-0.05, 0) is 49.4 Å². The van der Waals surface area contributed by atoms with E-state index in [1.165, 1.54) is 0 Å². The summed E-state index contributed by atoms with van der Waals surface area (Å²) in [6.45, 7) is 1.08. The van der Waals surface area contributed by atoms with Crippen LogP contribution < -0.4 is 16.0 Å². The number of hydrogen-bond acceptors (Lipinski definition) is 4. The zero-order chi connectivity index (χ0) is 16.2. The molecule has 1 heterocycles. The molecule has 0 spiro atoms. The lowest BCUT2D eigenvalue weighted by Gasteiger charge is -2.13. The number of rotatable bonds is 5. The minimum absolute atomic E-state index is 0.0325. The number of aromatic nitrogens is 2. The van der Waals surface area contributed by atoms with Crippen LogP contribution in [0.5, 0.6) is 5.75 Å². The van der Waals surface area contributed by atoms with Gasteiger partial charge in [0, 0.05) is 12.1 Å². The molecule has 0 unspecified atom stereocenters. The van der Waals surface area contributed by atoms with Gasteiger partial charge in [0.25, 0.3) is 5.56 Å². The fourth-order valence-corrected chi connectivity index (χ4v) is 2.59. The summed E-state index contributed by atoms with van der Waals surface area (Å²) >= 11 is 0. The molecule has 2 N–H and O–H groups in total. The molecule has 118 valence electrons. The molecule has 2 aromatic carbocycles. The first kappa shape index (κ1) is 15.2. The Hall–Kier alpha value is -2.66. The van der Waals surface area contributed by atoms with Gasteiger partial charge in [0.1, 0.15) is 11.6 Å². The summed E-state index contributed by atoms with van der Waals surface area (Å²) in [5.41, 5.74) is 7.16. The third-order valence-corrected chi connectivity index (χ3v) is 3.80. The fourth-order valence-electron chi connectivity index (χ4n) is 2.59. The smallest absolute Gasteiger partial charge is 0.261 e. The van der Waals surface area contributed by atoms with E-state index in [0.717, 1.165) is 17.7 Å². The van der Waals surface area contributed by atoms with Crippen LogP contribution in [0, 0.1) is 0 Å².